The molecule has 0 N–H and O–H groups in total. The van der Waals surface area contributed by atoms with Crippen LogP contribution in [0.15, 0.2) is 48.7 Å². The van der Waals surface area contributed by atoms with Gasteiger partial charge in [0.05, 0.1) is 5.52 Å². The number of nitrogens with zero attached hydrogens (tertiary/aromatic N) is 2. The molecule has 0 fully saturated rings. The lowest BCUT2D eigenvalue weighted by atomic mass is 9.98. The summed E-state index contributed by atoms with van der Waals surface area (Å²) in [6, 6.07) is 15.2. The minimum atomic E-state index is 0.354. The van der Waals surface area contributed by atoms with Crippen LogP contribution >= 0.6 is 0 Å². The van der Waals surface area contributed by atoms with E-state index in [1.54, 1.807) is 0 Å². The summed E-state index contributed by atoms with van der Waals surface area (Å²) in [4.78, 5) is 9.10. The van der Waals surface area contributed by atoms with Crippen molar-refractivity contribution in [1.29, 1.82) is 0 Å². The van der Waals surface area contributed by atoms with Crippen LogP contribution < -0.4 is 0 Å². The zero-order chi connectivity index (χ0) is 15.7. The molecule has 0 amide bonds. The van der Waals surface area contributed by atoms with Gasteiger partial charge in [0.15, 0.2) is 0 Å². The Balaban J connectivity index is 1.99. The molecule has 1 aromatic heterocycles. The van der Waals surface area contributed by atoms with Gasteiger partial charge in [0.2, 0.25) is 0 Å². The number of hydrogen-bond acceptors (Lipinski definition) is 2. The fourth-order valence-corrected chi connectivity index (χ4v) is 2.57. The third-order valence-corrected chi connectivity index (χ3v) is 4.03. The average molecular weight is 290 g/mol. The van der Waals surface area contributed by atoms with Crippen molar-refractivity contribution in [3.05, 3.63) is 60.0 Å². The predicted molar refractivity (Wildman–Crippen MR) is 93.2 cm³/mol. The van der Waals surface area contributed by atoms with E-state index in [1.807, 2.05) is 6.20 Å². The highest BCUT2D eigenvalue weighted by Crippen LogP contribution is 2.26. The molecular weight excluding hydrogens is 268 g/mol. The summed E-state index contributed by atoms with van der Waals surface area (Å²) in [7, 11) is 0. The van der Waals surface area contributed by atoms with Crippen molar-refractivity contribution >= 4 is 10.9 Å². The van der Waals surface area contributed by atoms with Gasteiger partial charge in [-0.15, -0.1) is 0 Å². The first-order valence-corrected chi connectivity index (χ1v) is 7.91. The summed E-state index contributed by atoms with van der Waals surface area (Å²) in [5, 5.41) is 1.09. The molecule has 0 unspecified atom stereocenters. The number of aromatic nitrogens is 2. The summed E-state index contributed by atoms with van der Waals surface area (Å²) in [5.74, 6) is 1.82. The van der Waals surface area contributed by atoms with Crippen LogP contribution in [0.25, 0.3) is 22.0 Å². The largest absolute Gasteiger partial charge is 0.240 e. The highest BCUT2D eigenvalue weighted by Gasteiger charge is 2.06. The highest BCUT2D eigenvalue weighted by molar-refractivity contribution is 5.83. The summed E-state index contributed by atoms with van der Waals surface area (Å²) in [5.41, 5.74) is 4.83. The Morgan fingerprint density at radius 2 is 1.45 bits per heavy atom. The monoisotopic (exact) mass is 290 g/mol. The van der Waals surface area contributed by atoms with Crippen LogP contribution in [0.3, 0.4) is 0 Å². The molecule has 3 rings (SSSR count). The first-order valence-electron chi connectivity index (χ1n) is 7.91. The number of benzene rings is 2. The zero-order valence-electron chi connectivity index (χ0n) is 13.7. The quantitative estimate of drug-likeness (QED) is 0.632. The van der Waals surface area contributed by atoms with E-state index in [0.29, 0.717) is 11.8 Å². The molecule has 0 aliphatic rings. The van der Waals surface area contributed by atoms with Crippen molar-refractivity contribution in [3.8, 4) is 11.1 Å². The number of fused-ring (bicyclic) bond motifs is 1. The van der Waals surface area contributed by atoms with E-state index < -0.39 is 0 Å². The second-order valence-electron chi connectivity index (χ2n) is 6.43. The molecule has 0 aliphatic heterocycles. The van der Waals surface area contributed by atoms with Gasteiger partial charge in [-0.25, -0.2) is 9.97 Å². The fourth-order valence-electron chi connectivity index (χ4n) is 2.57. The van der Waals surface area contributed by atoms with E-state index in [4.69, 9.17) is 0 Å². The molecule has 0 aliphatic carbocycles. The third kappa shape index (κ3) is 2.87. The van der Waals surface area contributed by atoms with Crippen LogP contribution in [0.2, 0.25) is 0 Å². The van der Waals surface area contributed by atoms with Crippen molar-refractivity contribution < 1.29 is 0 Å². The Kier molecular flexibility index (Phi) is 3.93. The molecule has 2 aromatic carbocycles. The summed E-state index contributed by atoms with van der Waals surface area (Å²) < 4.78 is 0. The molecule has 2 nitrogen and oxygen atoms in total. The molecule has 0 atom stereocenters. The smallest absolute Gasteiger partial charge is 0.131 e. The van der Waals surface area contributed by atoms with Crippen molar-refractivity contribution in [3.63, 3.8) is 0 Å². The first-order chi connectivity index (χ1) is 10.5. The maximum absolute atomic E-state index is 4.64. The zero-order valence-corrected chi connectivity index (χ0v) is 13.7. The average Bonchev–Trinajstić information content (AvgIpc) is 2.54. The first kappa shape index (κ1) is 14.7. The van der Waals surface area contributed by atoms with Gasteiger partial charge in [0.25, 0.3) is 0 Å². The molecule has 0 radical (unpaired) electrons. The Labute approximate surface area is 132 Å². The van der Waals surface area contributed by atoms with Crippen LogP contribution in [0, 0.1) is 0 Å². The molecule has 2 heteroatoms. The molecule has 22 heavy (non-hydrogen) atoms. The lowest BCUT2D eigenvalue weighted by molar-refractivity contribution is 0.783. The highest BCUT2D eigenvalue weighted by atomic mass is 14.9. The van der Waals surface area contributed by atoms with Crippen LogP contribution in [-0.4, -0.2) is 9.97 Å². The molecule has 3 aromatic rings. The molecule has 0 bridgehead atoms. The van der Waals surface area contributed by atoms with E-state index in [1.165, 1.54) is 16.7 Å². The van der Waals surface area contributed by atoms with E-state index in [9.17, 15) is 0 Å². The van der Waals surface area contributed by atoms with Crippen molar-refractivity contribution in [2.75, 3.05) is 0 Å². The van der Waals surface area contributed by atoms with Gasteiger partial charge >= 0.3 is 0 Å². The minimum absolute atomic E-state index is 0.354. The van der Waals surface area contributed by atoms with Gasteiger partial charge in [0.1, 0.15) is 5.82 Å². The standard InChI is InChI=1S/C20H22N2/c1-13(2)15-5-7-16(8-6-15)17-9-10-19-18(11-17)12-21-20(22-19)14(3)4/h5-14H,1-4H3. The third-order valence-electron chi connectivity index (χ3n) is 4.03. The molecular formula is C20H22N2. The van der Waals surface area contributed by atoms with Gasteiger partial charge < -0.3 is 0 Å². The van der Waals surface area contributed by atoms with Crippen molar-refractivity contribution in [2.45, 2.75) is 39.5 Å². The van der Waals surface area contributed by atoms with Crippen LogP contribution in [0.5, 0.6) is 0 Å². The summed E-state index contributed by atoms with van der Waals surface area (Å²) in [6.45, 7) is 8.67. The van der Waals surface area contributed by atoms with E-state index in [-0.39, 0.29) is 0 Å². The Morgan fingerprint density at radius 1 is 0.773 bits per heavy atom. The maximum Gasteiger partial charge on any atom is 0.131 e. The fraction of sp³-hybridized carbons (Fsp3) is 0.300. The lowest BCUT2D eigenvalue weighted by Gasteiger charge is -2.09. The van der Waals surface area contributed by atoms with E-state index in [2.05, 4.69) is 80.1 Å². The van der Waals surface area contributed by atoms with Gasteiger partial charge in [-0.3, -0.25) is 0 Å². The Hall–Kier alpha value is -2.22. The topological polar surface area (TPSA) is 25.8 Å². The summed E-state index contributed by atoms with van der Waals surface area (Å²) >= 11 is 0. The van der Waals surface area contributed by atoms with Gasteiger partial charge in [-0.05, 0) is 34.7 Å². The van der Waals surface area contributed by atoms with E-state index >= 15 is 0 Å². The summed E-state index contributed by atoms with van der Waals surface area (Å²) in [6.07, 6.45) is 1.93. The van der Waals surface area contributed by atoms with Crippen LogP contribution in [0.4, 0.5) is 0 Å². The lowest BCUT2D eigenvalue weighted by Crippen LogP contribution is -1.97. The molecule has 0 saturated heterocycles. The maximum atomic E-state index is 4.64. The molecule has 0 spiro atoms. The van der Waals surface area contributed by atoms with Gasteiger partial charge in [-0.1, -0.05) is 58.0 Å². The predicted octanol–water partition coefficient (Wildman–Crippen LogP) is 5.54. The van der Waals surface area contributed by atoms with E-state index in [0.717, 1.165) is 16.7 Å². The van der Waals surface area contributed by atoms with Crippen LogP contribution in [-0.2, 0) is 0 Å². The van der Waals surface area contributed by atoms with Crippen molar-refractivity contribution in [1.82, 2.24) is 9.97 Å². The molecule has 112 valence electrons. The number of rotatable bonds is 3. The normalized spacial score (nSPS) is 11.5. The molecule has 0 saturated carbocycles. The Morgan fingerprint density at radius 3 is 2.09 bits per heavy atom. The van der Waals surface area contributed by atoms with Gasteiger partial charge in [0, 0.05) is 17.5 Å². The van der Waals surface area contributed by atoms with Gasteiger partial charge in [-0.2, -0.15) is 0 Å². The minimum Gasteiger partial charge on any atom is -0.240 e. The SMILES string of the molecule is CC(C)c1ccc(-c2ccc3nc(C(C)C)ncc3c2)cc1. The second-order valence-corrected chi connectivity index (χ2v) is 6.43. The molecule has 1 heterocycles. The number of hydrogen-bond donors (Lipinski definition) is 0. The Bertz CT molecular complexity index is 786. The van der Waals surface area contributed by atoms with Crippen LogP contribution in [0.1, 0.15) is 50.9 Å². The second kappa shape index (κ2) is 5.88. The van der Waals surface area contributed by atoms with Crippen molar-refractivity contribution in [2.24, 2.45) is 0 Å².